The molecule has 2 rings (SSSR count). The van der Waals surface area contributed by atoms with Gasteiger partial charge in [-0.05, 0) is 49.7 Å². The molecule has 0 atom stereocenters. The Labute approximate surface area is 120 Å². The molecule has 0 saturated heterocycles. The summed E-state index contributed by atoms with van der Waals surface area (Å²) in [5, 5.41) is 3.36. The van der Waals surface area contributed by atoms with Crippen LogP contribution in [0.4, 0.5) is 5.69 Å². The lowest BCUT2D eigenvalue weighted by Gasteiger charge is -2.09. The summed E-state index contributed by atoms with van der Waals surface area (Å²) in [4.78, 5) is 0. The maximum absolute atomic E-state index is 5.63. The van der Waals surface area contributed by atoms with Crippen molar-refractivity contribution < 1.29 is 9.47 Å². The summed E-state index contributed by atoms with van der Waals surface area (Å²) in [5.41, 5.74) is 1.10. The first-order valence-electron chi connectivity index (χ1n) is 7.03. The van der Waals surface area contributed by atoms with Crippen LogP contribution in [-0.4, -0.2) is 19.8 Å². The van der Waals surface area contributed by atoms with Gasteiger partial charge in [-0.2, -0.15) is 0 Å². The molecule has 3 heteroatoms. The van der Waals surface area contributed by atoms with Gasteiger partial charge < -0.3 is 14.8 Å². The Morgan fingerprint density at radius 3 is 2.25 bits per heavy atom. The van der Waals surface area contributed by atoms with Gasteiger partial charge in [-0.1, -0.05) is 18.2 Å². The molecule has 0 unspecified atom stereocenters. The van der Waals surface area contributed by atoms with Crippen LogP contribution in [0.15, 0.2) is 54.6 Å². The van der Waals surface area contributed by atoms with Crippen molar-refractivity contribution in [2.24, 2.45) is 0 Å². The predicted molar refractivity (Wildman–Crippen MR) is 82.7 cm³/mol. The monoisotopic (exact) mass is 271 g/mol. The molecule has 1 N–H and O–H groups in total. The quantitative estimate of drug-likeness (QED) is 0.737. The van der Waals surface area contributed by atoms with Crippen LogP contribution < -0.4 is 14.8 Å². The summed E-state index contributed by atoms with van der Waals surface area (Å²) < 4.78 is 11.0. The van der Waals surface area contributed by atoms with E-state index in [2.05, 4.69) is 5.32 Å². The van der Waals surface area contributed by atoms with Crippen molar-refractivity contribution in [3.05, 3.63) is 54.6 Å². The Kier molecular flexibility index (Phi) is 5.77. The second-order valence-electron chi connectivity index (χ2n) is 4.40. The molecule has 0 aromatic heterocycles. The highest BCUT2D eigenvalue weighted by atomic mass is 16.5. The fourth-order valence-electron chi connectivity index (χ4n) is 1.85. The summed E-state index contributed by atoms with van der Waals surface area (Å²) in [6.45, 7) is 4.29. The maximum atomic E-state index is 5.63. The van der Waals surface area contributed by atoms with Gasteiger partial charge in [-0.15, -0.1) is 0 Å². The fraction of sp³-hybridized carbons (Fsp3) is 0.294. The third kappa shape index (κ3) is 4.84. The molecule has 0 heterocycles. The second-order valence-corrected chi connectivity index (χ2v) is 4.40. The van der Waals surface area contributed by atoms with Gasteiger partial charge in [-0.25, -0.2) is 0 Å². The number of para-hydroxylation sites is 1. The lowest BCUT2D eigenvalue weighted by Crippen LogP contribution is -2.07. The highest BCUT2D eigenvalue weighted by Crippen LogP contribution is 2.15. The van der Waals surface area contributed by atoms with E-state index >= 15 is 0 Å². The van der Waals surface area contributed by atoms with E-state index in [1.54, 1.807) is 0 Å². The number of benzene rings is 2. The van der Waals surface area contributed by atoms with Crippen LogP contribution in [0.25, 0.3) is 0 Å². The zero-order valence-electron chi connectivity index (χ0n) is 11.8. The molecule has 0 amide bonds. The highest BCUT2D eigenvalue weighted by Gasteiger charge is 1.95. The zero-order valence-corrected chi connectivity index (χ0v) is 11.8. The van der Waals surface area contributed by atoms with E-state index in [0.717, 1.165) is 30.2 Å². The van der Waals surface area contributed by atoms with E-state index < -0.39 is 0 Å². The number of rotatable bonds is 8. The minimum absolute atomic E-state index is 0.698. The van der Waals surface area contributed by atoms with Gasteiger partial charge in [-0.3, -0.25) is 0 Å². The first-order valence-corrected chi connectivity index (χ1v) is 7.03. The molecule has 20 heavy (non-hydrogen) atoms. The third-order valence-electron chi connectivity index (χ3n) is 2.83. The molecule has 0 fully saturated rings. The van der Waals surface area contributed by atoms with Crippen molar-refractivity contribution in [1.82, 2.24) is 0 Å². The molecule has 2 aromatic rings. The molecule has 0 aliphatic heterocycles. The van der Waals surface area contributed by atoms with Gasteiger partial charge in [0, 0.05) is 12.2 Å². The number of anilines is 1. The van der Waals surface area contributed by atoms with Crippen molar-refractivity contribution in [2.45, 2.75) is 13.3 Å². The molecule has 2 aromatic carbocycles. The summed E-state index contributed by atoms with van der Waals surface area (Å²) >= 11 is 0. The summed E-state index contributed by atoms with van der Waals surface area (Å²) in [7, 11) is 0. The van der Waals surface area contributed by atoms with E-state index in [1.807, 2.05) is 61.5 Å². The Balaban J connectivity index is 1.63. The Hall–Kier alpha value is -2.16. The molecular formula is C17H21NO2. The van der Waals surface area contributed by atoms with Crippen molar-refractivity contribution in [1.29, 1.82) is 0 Å². The SMILES string of the molecule is CCOc1ccc(NCCCOc2ccccc2)cc1. The van der Waals surface area contributed by atoms with E-state index in [0.29, 0.717) is 13.2 Å². The van der Waals surface area contributed by atoms with Crippen molar-refractivity contribution in [3.8, 4) is 11.5 Å². The average Bonchev–Trinajstić information content (AvgIpc) is 2.50. The Morgan fingerprint density at radius 2 is 1.55 bits per heavy atom. The molecule has 106 valence electrons. The summed E-state index contributed by atoms with van der Waals surface area (Å²) in [6, 6.07) is 17.9. The van der Waals surface area contributed by atoms with Crippen molar-refractivity contribution in [3.63, 3.8) is 0 Å². The number of nitrogens with one attached hydrogen (secondary N) is 1. The van der Waals surface area contributed by atoms with E-state index in [1.165, 1.54) is 0 Å². The van der Waals surface area contributed by atoms with Crippen LogP contribution in [0, 0.1) is 0 Å². The predicted octanol–water partition coefficient (Wildman–Crippen LogP) is 3.97. The van der Waals surface area contributed by atoms with E-state index in [4.69, 9.17) is 9.47 Å². The Morgan fingerprint density at radius 1 is 0.850 bits per heavy atom. The van der Waals surface area contributed by atoms with Crippen LogP contribution in [0.3, 0.4) is 0 Å². The van der Waals surface area contributed by atoms with Gasteiger partial charge in [0.2, 0.25) is 0 Å². The van der Waals surface area contributed by atoms with Gasteiger partial charge in [0.15, 0.2) is 0 Å². The highest BCUT2D eigenvalue weighted by molar-refractivity contribution is 5.46. The fourth-order valence-corrected chi connectivity index (χ4v) is 1.85. The van der Waals surface area contributed by atoms with Gasteiger partial charge in [0.25, 0.3) is 0 Å². The lowest BCUT2D eigenvalue weighted by molar-refractivity contribution is 0.315. The zero-order chi connectivity index (χ0) is 14.0. The van der Waals surface area contributed by atoms with Crippen LogP contribution in [0.5, 0.6) is 11.5 Å². The van der Waals surface area contributed by atoms with E-state index in [-0.39, 0.29) is 0 Å². The summed E-state index contributed by atoms with van der Waals surface area (Å²) in [6.07, 6.45) is 0.960. The molecule has 0 spiro atoms. The number of hydrogen-bond acceptors (Lipinski definition) is 3. The van der Waals surface area contributed by atoms with Crippen molar-refractivity contribution in [2.75, 3.05) is 25.1 Å². The molecule has 0 bridgehead atoms. The standard InChI is InChI=1S/C17H21NO2/c1-2-19-17-11-9-15(10-12-17)18-13-6-14-20-16-7-4-3-5-8-16/h3-5,7-12,18H,2,6,13-14H2,1H3. The molecule has 0 aliphatic rings. The molecule has 0 aliphatic carbocycles. The maximum Gasteiger partial charge on any atom is 0.119 e. The second kappa shape index (κ2) is 8.10. The first-order chi connectivity index (χ1) is 9.88. The van der Waals surface area contributed by atoms with Crippen LogP contribution >= 0.6 is 0 Å². The van der Waals surface area contributed by atoms with E-state index in [9.17, 15) is 0 Å². The largest absolute Gasteiger partial charge is 0.494 e. The van der Waals surface area contributed by atoms with Crippen LogP contribution in [0.1, 0.15) is 13.3 Å². The van der Waals surface area contributed by atoms with Crippen LogP contribution in [-0.2, 0) is 0 Å². The molecular weight excluding hydrogens is 250 g/mol. The minimum atomic E-state index is 0.698. The normalized spacial score (nSPS) is 10.1. The smallest absolute Gasteiger partial charge is 0.119 e. The summed E-state index contributed by atoms with van der Waals surface area (Å²) in [5.74, 6) is 1.83. The molecule has 0 radical (unpaired) electrons. The van der Waals surface area contributed by atoms with Crippen LogP contribution in [0.2, 0.25) is 0 Å². The van der Waals surface area contributed by atoms with Gasteiger partial charge >= 0.3 is 0 Å². The minimum Gasteiger partial charge on any atom is -0.494 e. The molecule has 3 nitrogen and oxygen atoms in total. The number of ether oxygens (including phenoxy) is 2. The molecule has 0 saturated carbocycles. The number of hydrogen-bond donors (Lipinski definition) is 1. The van der Waals surface area contributed by atoms with Gasteiger partial charge in [0.1, 0.15) is 11.5 Å². The van der Waals surface area contributed by atoms with Crippen molar-refractivity contribution >= 4 is 5.69 Å². The third-order valence-corrected chi connectivity index (χ3v) is 2.83. The topological polar surface area (TPSA) is 30.5 Å². The lowest BCUT2D eigenvalue weighted by atomic mass is 10.3. The van der Waals surface area contributed by atoms with Gasteiger partial charge in [0.05, 0.1) is 13.2 Å². The Bertz CT molecular complexity index is 482. The first kappa shape index (κ1) is 14.3. The average molecular weight is 271 g/mol.